The summed E-state index contributed by atoms with van der Waals surface area (Å²) in [5.74, 6) is -0.892. The van der Waals surface area contributed by atoms with Gasteiger partial charge in [0.2, 0.25) is 0 Å². The van der Waals surface area contributed by atoms with Crippen LogP contribution in [0.25, 0.3) is 5.78 Å². The first-order chi connectivity index (χ1) is 10.3. The molecule has 0 amide bonds. The van der Waals surface area contributed by atoms with Crippen LogP contribution in [0.2, 0.25) is 0 Å². The van der Waals surface area contributed by atoms with Gasteiger partial charge in [-0.2, -0.15) is 22.7 Å². The lowest BCUT2D eigenvalue weighted by Gasteiger charge is -2.07. The summed E-state index contributed by atoms with van der Waals surface area (Å²) in [7, 11) is 0. The molecule has 0 aromatic carbocycles. The van der Waals surface area contributed by atoms with E-state index >= 15 is 0 Å². The second kappa shape index (κ2) is 5.20. The Bertz CT molecular complexity index is 822. The molecule has 0 spiro atoms. The standard InChI is InChI=1S/C12H11F3N6S/c1-6-3-9(16-4-8-7(2)17-5-22-8)21-11(18-6)19-10(20-21)12(13,14)15/h3,5,16H,4H2,1-2H3. The molecule has 0 radical (unpaired) electrons. The van der Waals surface area contributed by atoms with E-state index in [1.165, 1.54) is 11.3 Å². The molecule has 0 aliphatic rings. The van der Waals surface area contributed by atoms with Gasteiger partial charge in [-0.25, -0.2) is 9.97 Å². The molecule has 22 heavy (non-hydrogen) atoms. The summed E-state index contributed by atoms with van der Waals surface area (Å²) in [5, 5.41) is 6.55. The Labute approximate surface area is 127 Å². The molecule has 0 unspecified atom stereocenters. The van der Waals surface area contributed by atoms with Crippen molar-refractivity contribution < 1.29 is 13.2 Å². The van der Waals surface area contributed by atoms with Crippen LogP contribution in [-0.2, 0) is 12.7 Å². The largest absolute Gasteiger partial charge is 0.453 e. The SMILES string of the molecule is Cc1cc(NCc2scnc2C)n2nc(C(F)(F)F)nc2n1. The first kappa shape index (κ1) is 14.7. The molecule has 10 heteroatoms. The fourth-order valence-electron chi connectivity index (χ4n) is 1.90. The number of halogens is 3. The van der Waals surface area contributed by atoms with Gasteiger partial charge in [0.1, 0.15) is 5.82 Å². The van der Waals surface area contributed by atoms with Gasteiger partial charge in [-0.1, -0.05) is 0 Å². The average molecular weight is 328 g/mol. The molecule has 0 atom stereocenters. The highest BCUT2D eigenvalue weighted by Gasteiger charge is 2.36. The first-order valence-corrected chi connectivity index (χ1v) is 7.17. The number of fused-ring (bicyclic) bond motifs is 1. The summed E-state index contributed by atoms with van der Waals surface area (Å²) in [6, 6.07) is 1.62. The van der Waals surface area contributed by atoms with E-state index < -0.39 is 12.0 Å². The molecular weight excluding hydrogens is 317 g/mol. The first-order valence-electron chi connectivity index (χ1n) is 6.29. The highest BCUT2D eigenvalue weighted by Crippen LogP contribution is 2.27. The Morgan fingerprint density at radius 1 is 1.27 bits per heavy atom. The number of aryl methyl sites for hydroxylation is 2. The summed E-state index contributed by atoms with van der Waals surface area (Å²) < 4.78 is 39.2. The van der Waals surface area contributed by atoms with Crippen LogP contribution >= 0.6 is 11.3 Å². The summed E-state index contributed by atoms with van der Waals surface area (Å²) in [6.45, 7) is 4.00. The third-order valence-electron chi connectivity index (χ3n) is 2.97. The van der Waals surface area contributed by atoms with Crippen molar-refractivity contribution in [1.29, 1.82) is 0 Å². The smallest absolute Gasteiger partial charge is 0.365 e. The zero-order valence-electron chi connectivity index (χ0n) is 11.6. The molecular formula is C12H11F3N6S. The molecule has 0 bridgehead atoms. The number of hydrogen-bond acceptors (Lipinski definition) is 6. The fraction of sp³-hybridized carbons (Fsp3) is 0.333. The Hall–Kier alpha value is -2.23. The van der Waals surface area contributed by atoms with E-state index in [0.717, 1.165) is 15.1 Å². The molecule has 0 saturated heterocycles. The maximum atomic E-state index is 12.7. The molecule has 0 aliphatic carbocycles. The number of rotatable bonds is 3. The highest BCUT2D eigenvalue weighted by atomic mass is 32.1. The summed E-state index contributed by atoms with van der Waals surface area (Å²) in [4.78, 5) is 12.5. The van der Waals surface area contributed by atoms with Crippen LogP contribution in [-0.4, -0.2) is 24.6 Å². The number of nitrogens with one attached hydrogen (secondary N) is 1. The number of anilines is 1. The second-order valence-corrected chi connectivity index (χ2v) is 5.58. The monoisotopic (exact) mass is 328 g/mol. The van der Waals surface area contributed by atoms with Crippen molar-refractivity contribution in [2.24, 2.45) is 0 Å². The molecule has 0 aliphatic heterocycles. The van der Waals surface area contributed by atoms with E-state index in [4.69, 9.17) is 0 Å². The van der Waals surface area contributed by atoms with Crippen molar-refractivity contribution in [2.45, 2.75) is 26.6 Å². The molecule has 3 aromatic rings. The van der Waals surface area contributed by atoms with Crippen LogP contribution in [0.1, 0.15) is 22.1 Å². The second-order valence-electron chi connectivity index (χ2n) is 4.64. The van der Waals surface area contributed by atoms with Crippen LogP contribution in [0, 0.1) is 13.8 Å². The zero-order valence-corrected chi connectivity index (χ0v) is 12.5. The van der Waals surface area contributed by atoms with E-state index in [2.05, 4.69) is 25.4 Å². The lowest BCUT2D eigenvalue weighted by atomic mass is 10.4. The third kappa shape index (κ3) is 2.73. The lowest BCUT2D eigenvalue weighted by molar-refractivity contribution is -0.144. The van der Waals surface area contributed by atoms with E-state index in [-0.39, 0.29) is 5.78 Å². The van der Waals surface area contributed by atoms with Gasteiger partial charge in [0.05, 0.1) is 17.7 Å². The number of thiazole rings is 1. The Balaban J connectivity index is 1.97. The van der Waals surface area contributed by atoms with Crippen molar-refractivity contribution in [3.8, 4) is 0 Å². The van der Waals surface area contributed by atoms with Gasteiger partial charge in [0.15, 0.2) is 0 Å². The molecule has 3 rings (SSSR count). The number of nitrogens with zero attached hydrogens (tertiary/aromatic N) is 5. The zero-order chi connectivity index (χ0) is 15.9. The summed E-state index contributed by atoms with van der Waals surface area (Å²) in [6.07, 6.45) is -4.60. The van der Waals surface area contributed by atoms with E-state index in [1.54, 1.807) is 18.5 Å². The minimum atomic E-state index is -4.60. The molecule has 116 valence electrons. The van der Waals surface area contributed by atoms with Crippen LogP contribution in [0.3, 0.4) is 0 Å². The van der Waals surface area contributed by atoms with Crippen molar-refractivity contribution >= 4 is 22.9 Å². The summed E-state index contributed by atoms with van der Waals surface area (Å²) in [5.41, 5.74) is 3.16. The normalized spacial score (nSPS) is 12.0. The predicted molar refractivity (Wildman–Crippen MR) is 74.7 cm³/mol. The van der Waals surface area contributed by atoms with Gasteiger partial charge in [-0.05, 0) is 13.8 Å². The minimum Gasteiger partial charge on any atom is -0.365 e. The predicted octanol–water partition coefficient (Wildman–Crippen LogP) is 2.83. The average Bonchev–Trinajstić information content (AvgIpc) is 3.01. The van der Waals surface area contributed by atoms with Crippen molar-refractivity contribution in [1.82, 2.24) is 24.6 Å². The third-order valence-corrected chi connectivity index (χ3v) is 3.90. The Morgan fingerprint density at radius 2 is 2.05 bits per heavy atom. The minimum absolute atomic E-state index is 0.0872. The van der Waals surface area contributed by atoms with Gasteiger partial charge in [0, 0.05) is 16.6 Å². The van der Waals surface area contributed by atoms with Gasteiger partial charge in [-0.15, -0.1) is 16.4 Å². The molecule has 0 saturated carbocycles. The topological polar surface area (TPSA) is 68.0 Å². The molecule has 3 heterocycles. The van der Waals surface area contributed by atoms with Crippen molar-refractivity contribution in [2.75, 3.05) is 5.32 Å². The Kier molecular flexibility index (Phi) is 3.47. The molecule has 0 fully saturated rings. The molecule has 1 N–H and O–H groups in total. The maximum absolute atomic E-state index is 12.7. The lowest BCUT2D eigenvalue weighted by Crippen LogP contribution is -2.09. The van der Waals surface area contributed by atoms with Gasteiger partial charge < -0.3 is 5.32 Å². The van der Waals surface area contributed by atoms with Crippen LogP contribution in [0.4, 0.5) is 19.0 Å². The van der Waals surface area contributed by atoms with E-state index in [9.17, 15) is 13.2 Å². The number of hydrogen-bond donors (Lipinski definition) is 1. The number of aromatic nitrogens is 5. The van der Waals surface area contributed by atoms with Crippen LogP contribution in [0.5, 0.6) is 0 Å². The van der Waals surface area contributed by atoms with Crippen LogP contribution < -0.4 is 5.32 Å². The van der Waals surface area contributed by atoms with Crippen molar-refractivity contribution in [3.05, 3.63) is 33.7 Å². The quantitative estimate of drug-likeness (QED) is 0.801. The van der Waals surface area contributed by atoms with Crippen LogP contribution in [0.15, 0.2) is 11.6 Å². The molecule has 3 aromatic heterocycles. The highest BCUT2D eigenvalue weighted by molar-refractivity contribution is 7.09. The van der Waals surface area contributed by atoms with E-state index in [0.29, 0.717) is 18.1 Å². The van der Waals surface area contributed by atoms with Crippen molar-refractivity contribution in [3.63, 3.8) is 0 Å². The van der Waals surface area contributed by atoms with E-state index in [1.807, 2.05) is 6.92 Å². The fourth-order valence-corrected chi connectivity index (χ4v) is 2.62. The maximum Gasteiger partial charge on any atom is 0.453 e. The van der Waals surface area contributed by atoms with Gasteiger partial charge in [0.25, 0.3) is 11.6 Å². The number of alkyl halides is 3. The Morgan fingerprint density at radius 3 is 2.68 bits per heavy atom. The van der Waals surface area contributed by atoms with Gasteiger partial charge in [-0.3, -0.25) is 0 Å². The van der Waals surface area contributed by atoms with Gasteiger partial charge >= 0.3 is 6.18 Å². The summed E-state index contributed by atoms with van der Waals surface area (Å²) >= 11 is 1.47. The molecule has 6 nitrogen and oxygen atoms in total.